The molecule has 0 aliphatic carbocycles. The van der Waals surface area contributed by atoms with E-state index in [1.165, 1.54) is 11.8 Å². The van der Waals surface area contributed by atoms with Gasteiger partial charge in [-0.15, -0.1) is 0 Å². The fourth-order valence-corrected chi connectivity index (χ4v) is 2.75. The molecule has 0 unspecified atom stereocenters. The van der Waals surface area contributed by atoms with Gasteiger partial charge in [0, 0.05) is 24.5 Å². The van der Waals surface area contributed by atoms with Crippen molar-refractivity contribution in [1.29, 1.82) is 0 Å². The van der Waals surface area contributed by atoms with Crippen LogP contribution in [0.15, 0.2) is 42.7 Å². The number of nitrogens with zero attached hydrogens (tertiary/aromatic N) is 3. The van der Waals surface area contributed by atoms with E-state index in [1.807, 2.05) is 32.3 Å². The molecule has 0 bridgehead atoms. The fourth-order valence-electron chi connectivity index (χ4n) is 2.75. The minimum atomic E-state index is -0.214. The maximum atomic E-state index is 12.4. The molecule has 140 valence electrons. The molecule has 1 amide bonds. The number of anilines is 1. The highest BCUT2D eigenvalue weighted by Crippen LogP contribution is 2.21. The molecule has 1 heterocycles. The number of carbonyl (C=O) groups excluding carboxylic acids is 1. The topological polar surface area (TPSA) is 70.2 Å². The van der Waals surface area contributed by atoms with Gasteiger partial charge < -0.3 is 15.5 Å². The molecule has 1 atom stereocenters. The molecule has 6 nitrogen and oxygen atoms in total. The molecule has 2 rings (SSSR count). The summed E-state index contributed by atoms with van der Waals surface area (Å²) in [6.07, 6.45) is 3.11. The van der Waals surface area contributed by atoms with Gasteiger partial charge in [-0.2, -0.15) is 0 Å². The zero-order valence-electron chi connectivity index (χ0n) is 16.3. The van der Waals surface area contributed by atoms with E-state index < -0.39 is 0 Å². The van der Waals surface area contributed by atoms with Gasteiger partial charge in [0.05, 0.1) is 12.4 Å². The van der Waals surface area contributed by atoms with Gasteiger partial charge in [0.1, 0.15) is 11.5 Å². The van der Waals surface area contributed by atoms with Crippen LogP contribution < -0.4 is 10.6 Å². The van der Waals surface area contributed by atoms with Crippen LogP contribution in [0.1, 0.15) is 36.8 Å². The average molecular weight is 355 g/mol. The number of rotatable bonds is 8. The van der Waals surface area contributed by atoms with Crippen molar-refractivity contribution in [3.63, 3.8) is 0 Å². The number of benzene rings is 1. The van der Waals surface area contributed by atoms with Gasteiger partial charge in [0.2, 0.25) is 0 Å². The quantitative estimate of drug-likeness (QED) is 0.761. The van der Waals surface area contributed by atoms with Crippen LogP contribution in [0.2, 0.25) is 0 Å². The predicted molar refractivity (Wildman–Crippen MR) is 105 cm³/mol. The molecule has 1 aromatic carbocycles. The van der Waals surface area contributed by atoms with E-state index >= 15 is 0 Å². The largest absolute Gasteiger partial charge is 0.365 e. The third-order valence-electron chi connectivity index (χ3n) is 4.16. The number of nitrogens with one attached hydrogen (secondary N) is 2. The standard InChI is InChI=1S/C20H29N5O/c1-15(13-25(4)5)24-18-12-21-17(11-22-18)19(26)23-14-20(2,3)16-9-7-6-8-10-16/h6-12,15H,13-14H2,1-5H3,(H,22,24)(H,23,26)/t15-/m0/s1. The highest BCUT2D eigenvalue weighted by Gasteiger charge is 2.21. The third kappa shape index (κ3) is 5.81. The van der Waals surface area contributed by atoms with Gasteiger partial charge >= 0.3 is 0 Å². The first-order valence-corrected chi connectivity index (χ1v) is 8.85. The van der Waals surface area contributed by atoms with E-state index in [1.54, 1.807) is 6.20 Å². The summed E-state index contributed by atoms with van der Waals surface area (Å²) < 4.78 is 0. The maximum Gasteiger partial charge on any atom is 0.271 e. The summed E-state index contributed by atoms with van der Waals surface area (Å²) in [5.41, 5.74) is 1.34. The minimum absolute atomic E-state index is 0.159. The van der Waals surface area contributed by atoms with Crippen LogP contribution in [0.25, 0.3) is 0 Å². The Labute approximate surface area is 156 Å². The monoisotopic (exact) mass is 355 g/mol. The van der Waals surface area contributed by atoms with Gasteiger partial charge in [-0.25, -0.2) is 9.97 Å². The van der Waals surface area contributed by atoms with E-state index in [2.05, 4.69) is 58.4 Å². The first kappa shape index (κ1) is 19.8. The van der Waals surface area contributed by atoms with E-state index in [4.69, 9.17) is 0 Å². The summed E-state index contributed by atoms with van der Waals surface area (Å²) >= 11 is 0. The molecule has 2 aromatic rings. The lowest BCUT2D eigenvalue weighted by atomic mass is 9.84. The lowest BCUT2D eigenvalue weighted by molar-refractivity contribution is 0.0940. The van der Waals surface area contributed by atoms with Crippen molar-refractivity contribution in [3.8, 4) is 0 Å². The molecule has 0 fully saturated rings. The predicted octanol–water partition coefficient (Wildman–Crippen LogP) is 2.55. The summed E-state index contributed by atoms with van der Waals surface area (Å²) in [4.78, 5) is 23.0. The molecular weight excluding hydrogens is 326 g/mol. The van der Waals surface area contributed by atoms with Crippen molar-refractivity contribution in [3.05, 3.63) is 54.0 Å². The van der Waals surface area contributed by atoms with Gasteiger partial charge in [-0.1, -0.05) is 44.2 Å². The van der Waals surface area contributed by atoms with Crippen molar-refractivity contribution in [1.82, 2.24) is 20.2 Å². The number of amides is 1. The van der Waals surface area contributed by atoms with E-state index in [0.29, 0.717) is 18.1 Å². The average Bonchev–Trinajstić information content (AvgIpc) is 2.60. The number of hydrogen-bond donors (Lipinski definition) is 2. The van der Waals surface area contributed by atoms with Crippen LogP contribution in [0.3, 0.4) is 0 Å². The molecule has 0 saturated heterocycles. The SMILES string of the molecule is C[C@@H](CN(C)C)Nc1cnc(C(=O)NCC(C)(C)c2ccccc2)cn1. The zero-order valence-corrected chi connectivity index (χ0v) is 16.3. The summed E-state index contributed by atoms with van der Waals surface area (Å²) in [5.74, 6) is 0.454. The normalized spacial score (nSPS) is 12.7. The van der Waals surface area contributed by atoms with Gasteiger partial charge in [-0.3, -0.25) is 4.79 Å². The Balaban J connectivity index is 1.91. The zero-order chi connectivity index (χ0) is 19.2. The van der Waals surface area contributed by atoms with Crippen molar-refractivity contribution < 1.29 is 4.79 Å². The molecule has 0 saturated carbocycles. The Morgan fingerprint density at radius 2 is 1.85 bits per heavy atom. The summed E-state index contributed by atoms with van der Waals surface area (Å²) in [6.45, 7) is 7.70. The van der Waals surface area contributed by atoms with Crippen molar-refractivity contribution in [2.24, 2.45) is 0 Å². The molecule has 26 heavy (non-hydrogen) atoms. The van der Waals surface area contributed by atoms with Crippen LogP contribution in [0, 0.1) is 0 Å². The molecule has 0 spiro atoms. The number of carbonyl (C=O) groups is 1. The minimum Gasteiger partial charge on any atom is -0.365 e. The first-order valence-electron chi connectivity index (χ1n) is 8.85. The molecule has 0 radical (unpaired) electrons. The number of aromatic nitrogens is 2. The fraction of sp³-hybridized carbons (Fsp3) is 0.450. The summed E-state index contributed by atoms with van der Waals surface area (Å²) in [5, 5.41) is 6.23. The second-order valence-electron chi connectivity index (χ2n) is 7.53. The summed E-state index contributed by atoms with van der Waals surface area (Å²) in [7, 11) is 4.04. The summed E-state index contributed by atoms with van der Waals surface area (Å²) in [6, 6.07) is 10.4. The van der Waals surface area contributed by atoms with Crippen molar-refractivity contribution in [2.75, 3.05) is 32.5 Å². The molecule has 6 heteroatoms. The smallest absolute Gasteiger partial charge is 0.271 e. The Kier molecular flexibility index (Phi) is 6.69. The Morgan fingerprint density at radius 3 is 2.42 bits per heavy atom. The lowest BCUT2D eigenvalue weighted by Crippen LogP contribution is -2.37. The van der Waals surface area contributed by atoms with Crippen LogP contribution >= 0.6 is 0 Å². The highest BCUT2D eigenvalue weighted by molar-refractivity contribution is 5.92. The highest BCUT2D eigenvalue weighted by atomic mass is 16.1. The van der Waals surface area contributed by atoms with Crippen LogP contribution in [-0.4, -0.2) is 54.0 Å². The Hall–Kier alpha value is -2.47. The maximum absolute atomic E-state index is 12.4. The molecule has 0 aliphatic heterocycles. The number of hydrogen-bond acceptors (Lipinski definition) is 5. The third-order valence-corrected chi connectivity index (χ3v) is 4.16. The van der Waals surface area contributed by atoms with Gasteiger partial charge in [-0.05, 0) is 26.6 Å². The Morgan fingerprint density at radius 1 is 1.15 bits per heavy atom. The van der Waals surface area contributed by atoms with E-state index in [-0.39, 0.29) is 17.4 Å². The van der Waals surface area contributed by atoms with Gasteiger partial charge in [0.15, 0.2) is 0 Å². The second-order valence-corrected chi connectivity index (χ2v) is 7.53. The first-order chi connectivity index (χ1) is 12.3. The second kappa shape index (κ2) is 8.76. The van der Waals surface area contributed by atoms with Crippen molar-refractivity contribution >= 4 is 11.7 Å². The lowest BCUT2D eigenvalue weighted by Gasteiger charge is -2.25. The molecule has 1 aromatic heterocycles. The van der Waals surface area contributed by atoms with Crippen LogP contribution in [-0.2, 0) is 5.41 Å². The molecule has 2 N–H and O–H groups in total. The van der Waals surface area contributed by atoms with Crippen LogP contribution in [0.4, 0.5) is 5.82 Å². The molecule has 0 aliphatic rings. The van der Waals surface area contributed by atoms with Gasteiger partial charge in [0.25, 0.3) is 5.91 Å². The number of likely N-dealkylation sites (N-methyl/N-ethyl adjacent to an activating group) is 1. The molecular formula is C20H29N5O. The van der Waals surface area contributed by atoms with Crippen LogP contribution in [0.5, 0.6) is 0 Å². The van der Waals surface area contributed by atoms with E-state index in [9.17, 15) is 4.79 Å². The Bertz CT molecular complexity index is 698. The van der Waals surface area contributed by atoms with E-state index in [0.717, 1.165) is 6.54 Å². The van der Waals surface area contributed by atoms with Crippen molar-refractivity contribution in [2.45, 2.75) is 32.2 Å².